The molecule has 3 heterocycles. The van der Waals surface area contributed by atoms with Crippen LogP contribution in [0.15, 0.2) is 0 Å². The first-order chi connectivity index (χ1) is 8.31. The molecule has 0 spiro atoms. The zero-order chi connectivity index (χ0) is 11.4. The van der Waals surface area contributed by atoms with Gasteiger partial charge in [-0.25, -0.2) is 0 Å². The van der Waals surface area contributed by atoms with Crippen molar-refractivity contribution in [3.63, 3.8) is 0 Å². The highest BCUT2D eigenvalue weighted by Crippen LogP contribution is 2.40. The van der Waals surface area contributed by atoms with Gasteiger partial charge in [0, 0.05) is 31.2 Å². The molecule has 3 heteroatoms. The number of nitrogens with zero attached hydrogens (tertiary/aromatic N) is 1. The number of hydrogen-bond acceptors (Lipinski definition) is 3. The first-order valence-electron chi connectivity index (χ1n) is 7.46. The first kappa shape index (κ1) is 10.8. The van der Waals surface area contributed by atoms with Gasteiger partial charge in [-0.1, -0.05) is 0 Å². The summed E-state index contributed by atoms with van der Waals surface area (Å²) in [6, 6.07) is 2.19. The first-order valence-corrected chi connectivity index (χ1v) is 7.46. The van der Waals surface area contributed by atoms with Crippen LogP contribution in [0.1, 0.15) is 39.0 Å². The predicted octanol–water partition coefficient (Wildman–Crippen LogP) is 1.38. The third-order valence-corrected chi connectivity index (χ3v) is 5.34. The Morgan fingerprint density at radius 3 is 2.71 bits per heavy atom. The van der Waals surface area contributed by atoms with Crippen molar-refractivity contribution in [1.29, 1.82) is 0 Å². The maximum Gasteiger partial charge on any atom is 0.0736 e. The van der Waals surface area contributed by atoms with Gasteiger partial charge in [0.1, 0.15) is 0 Å². The van der Waals surface area contributed by atoms with Crippen molar-refractivity contribution >= 4 is 0 Å². The van der Waals surface area contributed by atoms with E-state index >= 15 is 0 Å². The summed E-state index contributed by atoms with van der Waals surface area (Å²) < 4.78 is 6.04. The lowest BCUT2D eigenvalue weighted by Crippen LogP contribution is -2.60. The maximum atomic E-state index is 6.04. The van der Waals surface area contributed by atoms with Gasteiger partial charge in [-0.2, -0.15) is 0 Å². The van der Waals surface area contributed by atoms with Crippen molar-refractivity contribution in [2.24, 2.45) is 5.92 Å². The molecule has 0 radical (unpaired) electrons. The van der Waals surface area contributed by atoms with E-state index in [1.807, 2.05) is 0 Å². The van der Waals surface area contributed by atoms with Crippen molar-refractivity contribution in [2.75, 3.05) is 13.1 Å². The third kappa shape index (κ3) is 1.83. The smallest absolute Gasteiger partial charge is 0.0736 e. The Labute approximate surface area is 104 Å². The molecule has 96 valence electrons. The number of rotatable bonds is 2. The van der Waals surface area contributed by atoms with Gasteiger partial charge < -0.3 is 10.1 Å². The van der Waals surface area contributed by atoms with Gasteiger partial charge in [0.05, 0.1) is 12.2 Å². The van der Waals surface area contributed by atoms with Gasteiger partial charge in [0.15, 0.2) is 0 Å². The Balaban J connectivity index is 1.47. The molecule has 4 rings (SSSR count). The van der Waals surface area contributed by atoms with Crippen molar-refractivity contribution in [2.45, 2.75) is 69.4 Å². The zero-order valence-electron chi connectivity index (χ0n) is 10.8. The minimum Gasteiger partial charge on any atom is -0.373 e. The molecule has 17 heavy (non-hydrogen) atoms. The van der Waals surface area contributed by atoms with Gasteiger partial charge in [-0.05, 0) is 44.9 Å². The Hall–Kier alpha value is -0.120. The van der Waals surface area contributed by atoms with E-state index in [4.69, 9.17) is 4.74 Å². The van der Waals surface area contributed by atoms with Crippen LogP contribution in [0.2, 0.25) is 0 Å². The molecule has 5 atom stereocenters. The van der Waals surface area contributed by atoms with Crippen LogP contribution in [-0.2, 0) is 4.74 Å². The summed E-state index contributed by atoms with van der Waals surface area (Å²) in [7, 11) is 0. The van der Waals surface area contributed by atoms with Gasteiger partial charge in [-0.15, -0.1) is 0 Å². The molecule has 3 nitrogen and oxygen atoms in total. The van der Waals surface area contributed by atoms with E-state index in [1.54, 1.807) is 0 Å². The Kier molecular flexibility index (Phi) is 2.50. The molecule has 0 amide bonds. The van der Waals surface area contributed by atoms with E-state index in [0.717, 1.165) is 18.0 Å². The largest absolute Gasteiger partial charge is 0.373 e. The van der Waals surface area contributed by atoms with E-state index in [1.165, 1.54) is 45.2 Å². The van der Waals surface area contributed by atoms with Crippen LogP contribution >= 0.6 is 0 Å². The van der Waals surface area contributed by atoms with Crippen molar-refractivity contribution in [1.82, 2.24) is 10.2 Å². The lowest BCUT2D eigenvalue weighted by Gasteiger charge is -2.44. The highest BCUT2D eigenvalue weighted by atomic mass is 16.5. The second-order valence-electron chi connectivity index (χ2n) is 6.57. The second-order valence-corrected chi connectivity index (χ2v) is 6.57. The molecule has 4 aliphatic rings. The summed E-state index contributed by atoms with van der Waals surface area (Å²) in [5.41, 5.74) is 0. The summed E-state index contributed by atoms with van der Waals surface area (Å²) in [5, 5.41) is 3.75. The number of ether oxygens (including phenoxy) is 1. The fourth-order valence-electron chi connectivity index (χ4n) is 4.15. The van der Waals surface area contributed by atoms with Gasteiger partial charge in [-0.3, -0.25) is 4.90 Å². The van der Waals surface area contributed by atoms with Crippen molar-refractivity contribution in [3.8, 4) is 0 Å². The molecule has 5 unspecified atom stereocenters. The van der Waals surface area contributed by atoms with E-state index in [9.17, 15) is 0 Å². The van der Waals surface area contributed by atoms with Crippen LogP contribution in [0, 0.1) is 5.92 Å². The zero-order valence-corrected chi connectivity index (χ0v) is 10.8. The molecule has 1 saturated carbocycles. The molecule has 4 fully saturated rings. The SMILES string of the molecule is CC1CNC(C2CC2)CN1C1CC2CCC1O2. The van der Waals surface area contributed by atoms with E-state index in [0.29, 0.717) is 18.2 Å². The van der Waals surface area contributed by atoms with Crippen molar-refractivity contribution < 1.29 is 4.74 Å². The minimum atomic E-state index is 0.556. The van der Waals surface area contributed by atoms with Crippen LogP contribution in [0.3, 0.4) is 0 Å². The van der Waals surface area contributed by atoms with Crippen LogP contribution in [0.25, 0.3) is 0 Å². The monoisotopic (exact) mass is 236 g/mol. The summed E-state index contributed by atoms with van der Waals surface area (Å²) in [4.78, 5) is 2.77. The Morgan fingerprint density at radius 1 is 1.18 bits per heavy atom. The third-order valence-electron chi connectivity index (χ3n) is 5.34. The second kappa shape index (κ2) is 3.94. The molecule has 0 aromatic carbocycles. The topological polar surface area (TPSA) is 24.5 Å². The number of nitrogens with one attached hydrogen (secondary N) is 1. The molecular weight excluding hydrogens is 212 g/mol. The number of fused-ring (bicyclic) bond motifs is 2. The summed E-state index contributed by atoms with van der Waals surface area (Å²) in [6.07, 6.45) is 7.97. The van der Waals surface area contributed by atoms with E-state index in [-0.39, 0.29) is 0 Å². The fraction of sp³-hybridized carbons (Fsp3) is 1.00. The normalized spacial score (nSPS) is 51.0. The highest BCUT2D eigenvalue weighted by Gasteiger charge is 2.47. The van der Waals surface area contributed by atoms with Crippen LogP contribution < -0.4 is 5.32 Å². The van der Waals surface area contributed by atoms with Crippen LogP contribution in [0.5, 0.6) is 0 Å². The minimum absolute atomic E-state index is 0.556. The molecule has 1 aliphatic carbocycles. The lowest BCUT2D eigenvalue weighted by atomic mass is 9.91. The van der Waals surface area contributed by atoms with E-state index < -0.39 is 0 Å². The van der Waals surface area contributed by atoms with Crippen LogP contribution in [0.4, 0.5) is 0 Å². The summed E-state index contributed by atoms with van der Waals surface area (Å²) in [5.74, 6) is 0.976. The molecule has 2 bridgehead atoms. The van der Waals surface area contributed by atoms with Crippen molar-refractivity contribution in [3.05, 3.63) is 0 Å². The lowest BCUT2D eigenvalue weighted by molar-refractivity contribution is 0.0332. The van der Waals surface area contributed by atoms with Crippen LogP contribution in [-0.4, -0.2) is 48.3 Å². The van der Waals surface area contributed by atoms with Gasteiger partial charge in [0.2, 0.25) is 0 Å². The molecule has 0 aromatic heterocycles. The fourth-order valence-corrected chi connectivity index (χ4v) is 4.15. The molecule has 0 aromatic rings. The average molecular weight is 236 g/mol. The van der Waals surface area contributed by atoms with Gasteiger partial charge in [0.25, 0.3) is 0 Å². The molecule has 1 N–H and O–H groups in total. The molecule has 3 saturated heterocycles. The standard InChI is InChI=1S/C14H24N2O/c1-9-7-15-12(10-2-3-10)8-16(9)13-6-11-4-5-14(13)17-11/h9-15H,2-8H2,1H3. The Bertz CT molecular complexity index is 305. The summed E-state index contributed by atoms with van der Waals surface area (Å²) >= 11 is 0. The van der Waals surface area contributed by atoms with Gasteiger partial charge >= 0.3 is 0 Å². The predicted molar refractivity (Wildman–Crippen MR) is 67.0 cm³/mol. The number of hydrogen-bond donors (Lipinski definition) is 1. The average Bonchev–Trinajstić information content (AvgIpc) is 2.98. The molecule has 3 aliphatic heterocycles. The van der Waals surface area contributed by atoms with E-state index in [2.05, 4.69) is 17.1 Å². The number of piperazine rings is 1. The quantitative estimate of drug-likeness (QED) is 0.784. The Morgan fingerprint density at radius 2 is 2.06 bits per heavy atom. The molecular formula is C14H24N2O. The summed E-state index contributed by atoms with van der Waals surface area (Å²) in [6.45, 7) is 4.82. The maximum absolute atomic E-state index is 6.04. The highest BCUT2D eigenvalue weighted by molar-refractivity contribution is 5.01.